The van der Waals surface area contributed by atoms with E-state index in [4.69, 9.17) is 9.26 Å². The fourth-order valence-electron chi connectivity index (χ4n) is 3.89. The minimum absolute atomic E-state index is 0.0401. The Morgan fingerprint density at radius 3 is 2.59 bits per heavy atom. The van der Waals surface area contributed by atoms with Crippen LogP contribution in [0.3, 0.4) is 0 Å². The molecule has 8 heteroatoms. The predicted octanol–water partition coefficient (Wildman–Crippen LogP) is 4.45. The third-order valence-corrected chi connectivity index (χ3v) is 5.50. The fourth-order valence-corrected chi connectivity index (χ4v) is 3.89. The quantitative estimate of drug-likeness (QED) is 0.648. The molecule has 8 nitrogen and oxygen atoms in total. The summed E-state index contributed by atoms with van der Waals surface area (Å²) in [5.41, 5.74) is 5.14. The smallest absolute Gasteiger partial charge is 0.407 e. The van der Waals surface area contributed by atoms with Crippen LogP contribution in [-0.4, -0.2) is 45.4 Å². The molecule has 0 aliphatic carbocycles. The van der Waals surface area contributed by atoms with Crippen molar-refractivity contribution >= 4 is 6.09 Å². The number of aromatic nitrogens is 2. The Bertz CT molecular complexity index is 1210. The molecule has 0 spiro atoms. The number of carbonyl (C=O) groups is 1. The standard InChI is InChI=1S/C24H24N4O4/c1-14(2)31-21-5-4-18(11-19(21)13-25)23-26-22(27-32-23)20-12-17-7-9-28(24(29)30)8-6-16(17)10-15(20)3/h4-5,10-12,14H,6-9H2,1-3H3,(H,29,30). The lowest BCUT2D eigenvalue weighted by Crippen LogP contribution is -2.31. The zero-order chi connectivity index (χ0) is 22.8. The van der Waals surface area contributed by atoms with Gasteiger partial charge in [-0.1, -0.05) is 11.2 Å². The molecule has 0 saturated heterocycles. The van der Waals surface area contributed by atoms with Crippen molar-refractivity contribution in [2.24, 2.45) is 0 Å². The number of rotatable bonds is 4. The molecule has 32 heavy (non-hydrogen) atoms. The summed E-state index contributed by atoms with van der Waals surface area (Å²) in [5, 5.41) is 22.9. The van der Waals surface area contributed by atoms with Crippen molar-refractivity contribution in [2.45, 2.75) is 39.7 Å². The van der Waals surface area contributed by atoms with Crippen LogP contribution in [0.25, 0.3) is 22.8 Å². The van der Waals surface area contributed by atoms with Crippen LogP contribution in [-0.2, 0) is 12.8 Å². The molecule has 0 unspecified atom stereocenters. The highest BCUT2D eigenvalue weighted by Crippen LogP contribution is 2.30. The van der Waals surface area contributed by atoms with Gasteiger partial charge in [0.2, 0.25) is 5.82 Å². The summed E-state index contributed by atoms with van der Waals surface area (Å²) >= 11 is 0. The van der Waals surface area contributed by atoms with E-state index in [1.165, 1.54) is 4.90 Å². The SMILES string of the molecule is Cc1cc2c(cc1-c1noc(-c3ccc(OC(C)C)c(C#N)c3)n1)CCN(C(=O)O)CC2. The van der Waals surface area contributed by atoms with Crippen molar-refractivity contribution in [3.63, 3.8) is 0 Å². The lowest BCUT2D eigenvalue weighted by Gasteiger charge is -2.14. The molecule has 3 aromatic rings. The normalized spacial score (nSPS) is 13.4. The maximum atomic E-state index is 11.3. The van der Waals surface area contributed by atoms with Crippen molar-refractivity contribution in [3.05, 3.63) is 52.6 Å². The van der Waals surface area contributed by atoms with Gasteiger partial charge in [-0.2, -0.15) is 10.2 Å². The first-order valence-electron chi connectivity index (χ1n) is 10.5. The molecule has 0 fully saturated rings. The van der Waals surface area contributed by atoms with E-state index in [0.717, 1.165) is 22.3 Å². The van der Waals surface area contributed by atoms with Crippen LogP contribution < -0.4 is 4.74 Å². The van der Waals surface area contributed by atoms with E-state index >= 15 is 0 Å². The molecule has 1 N–H and O–H groups in total. The van der Waals surface area contributed by atoms with Crippen molar-refractivity contribution in [1.82, 2.24) is 15.0 Å². The highest BCUT2D eigenvalue weighted by molar-refractivity contribution is 5.67. The summed E-state index contributed by atoms with van der Waals surface area (Å²) in [6.07, 6.45) is 0.394. The fraction of sp³-hybridized carbons (Fsp3) is 0.333. The zero-order valence-electron chi connectivity index (χ0n) is 18.3. The van der Waals surface area contributed by atoms with Gasteiger partial charge in [0.15, 0.2) is 0 Å². The first-order valence-corrected chi connectivity index (χ1v) is 10.5. The van der Waals surface area contributed by atoms with Gasteiger partial charge in [-0.15, -0.1) is 0 Å². The topological polar surface area (TPSA) is 112 Å². The van der Waals surface area contributed by atoms with E-state index in [0.29, 0.717) is 54.5 Å². The number of nitriles is 1. The average Bonchev–Trinajstić information content (AvgIpc) is 3.14. The summed E-state index contributed by atoms with van der Waals surface area (Å²) < 4.78 is 11.2. The molecule has 4 rings (SSSR count). The second-order valence-corrected chi connectivity index (χ2v) is 8.12. The van der Waals surface area contributed by atoms with Gasteiger partial charge in [-0.05, 0) is 74.6 Å². The molecular formula is C24H24N4O4. The Balaban J connectivity index is 1.64. The van der Waals surface area contributed by atoms with E-state index in [1.54, 1.807) is 18.2 Å². The van der Waals surface area contributed by atoms with Crippen LogP contribution in [0.5, 0.6) is 5.75 Å². The summed E-state index contributed by atoms with van der Waals surface area (Å²) in [5.74, 6) is 1.29. The maximum Gasteiger partial charge on any atom is 0.407 e. The molecule has 0 atom stereocenters. The number of ether oxygens (including phenoxy) is 1. The third kappa shape index (κ3) is 4.28. The summed E-state index contributed by atoms with van der Waals surface area (Å²) in [6.45, 7) is 6.75. The Morgan fingerprint density at radius 1 is 1.22 bits per heavy atom. The predicted molar refractivity (Wildman–Crippen MR) is 117 cm³/mol. The van der Waals surface area contributed by atoms with Crippen molar-refractivity contribution < 1.29 is 19.2 Å². The molecule has 1 amide bonds. The summed E-state index contributed by atoms with van der Waals surface area (Å²) in [6, 6.07) is 11.5. The number of nitrogens with zero attached hydrogens (tertiary/aromatic N) is 4. The molecular weight excluding hydrogens is 408 g/mol. The first kappa shape index (κ1) is 21.4. The van der Waals surface area contributed by atoms with Gasteiger partial charge < -0.3 is 19.3 Å². The maximum absolute atomic E-state index is 11.3. The Hall–Kier alpha value is -3.86. The van der Waals surface area contributed by atoms with Crippen LogP contribution in [0.15, 0.2) is 34.9 Å². The highest BCUT2D eigenvalue weighted by atomic mass is 16.5. The monoisotopic (exact) mass is 432 g/mol. The second kappa shape index (κ2) is 8.71. The molecule has 0 radical (unpaired) electrons. The van der Waals surface area contributed by atoms with Crippen molar-refractivity contribution in [1.29, 1.82) is 5.26 Å². The molecule has 164 valence electrons. The van der Waals surface area contributed by atoms with Gasteiger partial charge in [0.05, 0.1) is 11.7 Å². The molecule has 0 saturated carbocycles. The van der Waals surface area contributed by atoms with Gasteiger partial charge in [0.1, 0.15) is 11.8 Å². The van der Waals surface area contributed by atoms with Crippen molar-refractivity contribution in [2.75, 3.05) is 13.1 Å². The van der Waals surface area contributed by atoms with Crippen LogP contribution in [0.2, 0.25) is 0 Å². The number of carboxylic acid groups (broad SMARTS) is 1. The second-order valence-electron chi connectivity index (χ2n) is 8.12. The lowest BCUT2D eigenvalue weighted by atomic mass is 9.96. The van der Waals surface area contributed by atoms with Gasteiger partial charge in [-0.25, -0.2) is 4.79 Å². The molecule has 1 aliphatic rings. The minimum atomic E-state index is -0.890. The number of benzene rings is 2. The molecule has 2 aromatic carbocycles. The summed E-state index contributed by atoms with van der Waals surface area (Å²) in [4.78, 5) is 17.3. The Kier molecular flexibility index (Phi) is 5.82. The van der Waals surface area contributed by atoms with E-state index in [9.17, 15) is 15.2 Å². The van der Waals surface area contributed by atoms with E-state index in [-0.39, 0.29) is 6.10 Å². The number of fused-ring (bicyclic) bond motifs is 1. The average molecular weight is 432 g/mol. The molecule has 0 bridgehead atoms. The lowest BCUT2D eigenvalue weighted by molar-refractivity contribution is 0.147. The molecule has 1 aliphatic heterocycles. The van der Waals surface area contributed by atoms with Gasteiger partial charge in [-0.3, -0.25) is 0 Å². The zero-order valence-corrected chi connectivity index (χ0v) is 18.3. The number of amides is 1. The number of aryl methyl sites for hydroxylation is 1. The Morgan fingerprint density at radius 2 is 1.94 bits per heavy atom. The number of hydrogen-bond acceptors (Lipinski definition) is 6. The van der Waals surface area contributed by atoms with Crippen LogP contribution in [0.1, 0.15) is 36.1 Å². The highest BCUT2D eigenvalue weighted by Gasteiger charge is 2.21. The van der Waals surface area contributed by atoms with E-state index < -0.39 is 6.09 Å². The van der Waals surface area contributed by atoms with E-state index in [1.807, 2.05) is 26.8 Å². The number of hydrogen-bond donors (Lipinski definition) is 1. The van der Waals surface area contributed by atoms with E-state index in [2.05, 4.69) is 22.3 Å². The molecule has 1 aromatic heterocycles. The van der Waals surface area contributed by atoms with Gasteiger partial charge >= 0.3 is 6.09 Å². The summed E-state index contributed by atoms with van der Waals surface area (Å²) in [7, 11) is 0. The van der Waals surface area contributed by atoms with Crippen LogP contribution in [0, 0.1) is 18.3 Å². The minimum Gasteiger partial charge on any atom is -0.490 e. The van der Waals surface area contributed by atoms with Gasteiger partial charge in [0, 0.05) is 24.2 Å². The van der Waals surface area contributed by atoms with Crippen LogP contribution in [0.4, 0.5) is 4.79 Å². The van der Waals surface area contributed by atoms with Gasteiger partial charge in [0.25, 0.3) is 5.89 Å². The largest absolute Gasteiger partial charge is 0.490 e. The Labute approximate surface area is 186 Å². The van der Waals surface area contributed by atoms with Crippen molar-refractivity contribution in [3.8, 4) is 34.7 Å². The third-order valence-electron chi connectivity index (χ3n) is 5.50. The molecule has 2 heterocycles. The van der Waals surface area contributed by atoms with Crippen LogP contribution >= 0.6 is 0 Å². The first-order chi connectivity index (χ1) is 15.4.